The van der Waals surface area contributed by atoms with Gasteiger partial charge in [-0.3, -0.25) is 4.79 Å². The average molecular weight is 435 g/mol. The average Bonchev–Trinajstić information content (AvgIpc) is 3.05. The van der Waals surface area contributed by atoms with E-state index in [4.69, 9.17) is 11.6 Å². The van der Waals surface area contributed by atoms with Gasteiger partial charge in [-0.15, -0.1) is 0 Å². The highest BCUT2D eigenvalue weighted by Gasteiger charge is 2.49. The van der Waals surface area contributed by atoms with E-state index in [2.05, 4.69) is 4.99 Å². The molecule has 146 valence electrons. The lowest BCUT2D eigenvalue weighted by molar-refractivity contribution is -0.117. The molecule has 2 fully saturated rings. The number of aryl methyl sites for hydroxylation is 1. The van der Waals surface area contributed by atoms with E-state index in [1.54, 1.807) is 12.1 Å². The lowest BCUT2D eigenvalue weighted by atomic mass is 10.1. The number of carbonyl (C=O) groups excluding carboxylic acids is 1. The quantitative estimate of drug-likeness (QED) is 0.739. The second-order valence-corrected chi connectivity index (χ2v) is 10.9. The summed E-state index contributed by atoms with van der Waals surface area (Å²) < 4.78 is 24.2. The Morgan fingerprint density at radius 2 is 2.00 bits per heavy atom. The molecular formula is C20H19ClN2O3S2. The van der Waals surface area contributed by atoms with Crippen molar-refractivity contribution in [2.24, 2.45) is 4.99 Å². The lowest BCUT2D eigenvalue weighted by Gasteiger charge is -2.24. The molecule has 0 aromatic heterocycles. The van der Waals surface area contributed by atoms with Crippen molar-refractivity contribution in [2.45, 2.75) is 24.6 Å². The van der Waals surface area contributed by atoms with Crippen LogP contribution in [0.5, 0.6) is 0 Å². The number of hydrogen-bond donors (Lipinski definition) is 0. The van der Waals surface area contributed by atoms with E-state index in [1.807, 2.05) is 48.2 Å². The molecule has 28 heavy (non-hydrogen) atoms. The smallest absolute Gasteiger partial charge is 0.252 e. The maximum atomic E-state index is 12.6. The molecule has 0 N–H and O–H groups in total. The standard InChI is InChI=1S/C20H19ClN2O3S2/c1-13-4-2-5-14(8-13)9-19(24)22-20-23(16-7-3-6-15(21)10-16)17-11-28(25,26)12-18(17)27-20/h2-8,10,17-18H,9,11-12H2,1H3/t17-,18+/m0/s1. The largest absolute Gasteiger partial charge is 0.316 e. The third-order valence-corrected chi connectivity index (χ3v) is 8.26. The first-order valence-corrected chi connectivity index (χ1v) is 12.0. The molecule has 0 spiro atoms. The van der Waals surface area contributed by atoms with Gasteiger partial charge in [0.1, 0.15) is 0 Å². The minimum atomic E-state index is -3.10. The Kier molecular flexibility index (Phi) is 5.24. The number of nitrogens with zero attached hydrogens (tertiary/aromatic N) is 2. The zero-order valence-corrected chi connectivity index (χ0v) is 17.6. The number of amidine groups is 1. The van der Waals surface area contributed by atoms with Gasteiger partial charge < -0.3 is 4.90 Å². The number of amides is 1. The second-order valence-electron chi connectivity index (χ2n) is 7.10. The van der Waals surface area contributed by atoms with E-state index in [9.17, 15) is 13.2 Å². The van der Waals surface area contributed by atoms with E-state index in [1.165, 1.54) is 11.8 Å². The first-order chi connectivity index (χ1) is 13.3. The number of fused-ring (bicyclic) bond motifs is 1. The first-order valence-electron chi connectivity index (χ1n) is 8.90. The Morgan fingerprint density at radius 3 is 2.75 bits per heavy atom. The fourth-order valence-electron chi connectivity index (χ4n) is 3.64. The Bertz CT molecular complexity index is 1070. The number of hydrogen-bond acceptors (Lipinski definition) is 4. The van der Waals surface area contributed by atoms with E-state index in [-0.39, 0.29) is 35.1 Å². The molecule has 4 rings (SSSR count). The highest BCUT2D eigenvalue weighted by atomic mass is 35.5. The number of anilines is 1. The SMILES string of the molecule is Cc1cccc(CC(=O)N=C2S[C@@H]3CS(=O)(=O)C[C@@H]3N2c2cccc(Cl)c2)c1. The molecular weight excluding hydrogens is 416 g/mol. The number of rotatable bonds is 3. The normalized spacial score (nSPS) is 24.5. The summed E-state index contributed by atoms with van der Waals surface area (Å²) in [5.41, 5.74) is 2.76. The van der Waals surface area contributed by atoms with Crippen LogP contribution < -0.4 is 4.90 Å². The minimum absolute atomic E-state index is 0.0578. The predicted octanol–water partition coefficient (Wildman–Crippen LogP) is 3.49. The molecule has 2 aromatic rings. The molecule has 5 nitrogen and oxygen atoms in total. The summed E-state index contributed by atoms with van der Waals surface area (Å²) in [5, 5.41) is 0.969. The second kappa shape index (κ2) is 7.54. The molecule has 0 unspecified atom stereocenters. The van der Waals surface area contributed by atoms with E-state index in [0.717, 1.165) is 16.8 Å². The molecule has 8 heteroatoms. The van der Waals surface area contributed by atoms with Crippen molar-refractivity contribution < 1.29 is 13.2 Å². The van der Waals surface area contributed by atoms with Crippen LogP contribution in [0.4, 0.5) is 5.69 Å². The van der Waals surface area contributed by atoms with Crippen LogP contribution >= 0.6 is 23.4 Å². The van der Waals surface area contributed by atoms with Gasteiger partial charge in [0.25, 0.3) is 5.91 Å². The van der Waals surface area contributed by atoms with Crippen LogP contribution in [0.15, 0.2) is 53.5 Å². The van der Waals surface area contributed by atoms with Crippen molar-refractivity contribution in [2.75, 3.05) is 16.4 Å². The summed E-state index contributed by atoms with van der Waals surface area (Å²) >= 11 is 7.51. The molecule has 2 atom stereocenters. The highest BCUT2D eigenvalue weighted by Crippen LogP contribution is 2.41. The topological polar surface area (TPSA) is 66.8 Å². The summed E-state index contributed by atoms with van der Waals surface area (Å²) in [6, 6.07) is 14.7. The molecule has 2 heterocycles. The van der Waals surface area contributed by atoms with Crippen molar-refractivity contribution in [3.8, 4) is 0 Å². The van der Waals surface area contributed by atoms with Crippen LogP contribution in [0.2, 0.25) is 5.02 Å². The third kappa shape index (κ3) is 4.11. The van der Waals surface area contributed by atoms with Crippen molar-refractivity contribution in [3.05, 3.63) is 64.7 Å². The van der Waals surface area contributed by atoms with Crippen LogP contribution in [0.3, 0.4) is 0 Å². The maximum absolute atomic E-state index is 12.6. The zero-order valence-electron chi connectivity index (χ0n) is 15.2. The van der Waals surface area contributed by atoms with E-state index >= 15 is 0 Å². The molecule has 0 bridgehead atoms. The van der Waals surface area contributed by atoms with Gasteiger partial charge in [0, 0.05) is 16.0 Å². The van der Waals surface area contributed by atoms with Crippen LogP contribution in [0.25, 0.3) is 0 Å². The molecule has 2 aromatic carbocycles. The molecule has 0 saturated carbocycles. The van der Waals surface area contributed by atoms with Crippen molar-refractivity contribution in [3.63, 3.8) is 0 Å². The Hall–Kier alpha value is -1.83. The molecule has 2 aliphatic rings. The summed E-state index contributed by atoms with van der Waals surface area (Å²) in [6.45, 7) is 1.98. The molecule has 1 amide bonds. The third-order valence-electron chi connectivity index (χ3n) is 4.81. The number of benzene rings is 2. The van der Waals surface area contributed by atoms with Crippen LogP contribution in [0.1, 0.15) is 11.1 Å². The van der Waals surface area contributed by atoms with Gasteiger partial charge >= 0.3 is 0 Å². The van der Waals surface area contributed by atoms with Gasteiger partial charge in [-0.1, -0.05) is 59.3 Å². The first kappa shape index (κ1) is 19.5. The van der Waals surface area contributed by atoms with Crippen molar-refractivity contribution in [1.29, 1.82) is 0 Å². The predicted molar refractivity (Wildman–Crippen MR) is 115 cm³/mol. The summed E-state index contributed by atoms with van der Waals surface area (Å²) in [4.78, 5) is 18.8. The van der Waals surface area contributed by atoms with Crippen molar-refractivity contribution >= 4 is 50.0 Å². The summed E-state index contributed by atoms with van der Waals surface area (Å²) in [5.74, 6) is -0.0878. The Morgan fingerprint density at radius 1 is 1.21 bits per heavy atom. The van der Waals surface area contributed by atoms with Gasteiger partial charge in [0.15, 0.2) is 15.0 Å². The van der Waals surface area contributed by atoms with Gasteiger partial charge in [-0.25, -0.2) is 8.42 Å². The Balaban J connectivity index is 1.65. The van der Waals surface area contributed by atoms with Crippen LogP contribution in [0, 0.1) is 6.92 Å². The maximum Gasteiger partial charge on any atom is 0.252 e. The fraction of sp³-hybridized carbons (Fsp3) is 0.300. The van der Waals surface area contributed by atoms with E-state index in [0.29, 0.717) is 10.2 Å². The molecule has 0 aliphatic carbocycles. The molecule has 0 radical (unpaired) electrons. The number of halogens is 1. The van der Waals surface area contributed by atoms with Crippen LogP contribution in [-0.2, 0) is 21.1 Å². The number of thioether (sulfide) groups is 1. The number of sulfone groups is 1. The zero-order chi connectivity index (χ0) is 19.9. The van der Waals surface area contributed by atoms with Crippen molar-refractivity contribution in [1.82, 2.24) is 0 Å². The molecule has 2 saturated heterocycles. The van der Waals surface area contributed by atoms with E-state index < -0.39 is 9.84 Å². The van der Waals surface area contributed by atoms with Crippen LogP contribution in [-0.4, -0.2) is 42.3 Å². The number of aliphatic imine (C=N–C) groups is 1. The molecule has 2 aliphatic heterocycles. The Labute approximate surface area is 173 Å². The summed E-state index contributed by atoms with van der Waals surface area (Å²) in [7, 11) is -3.10. The fourth-order valence-corrected chi connectivity index (χ4v) is 7.75. The summed E-state index contributed by atoms with van der Waals surface area (Å²) in [6.07, 6.45) is 0.211. The number of carbonyl (C=O) groups is 1. The monoisotopic (exact) mass is 434 g/mol. The van der Waals surface area contributed by atoms with Gasteiger partial charge in [-0.05, 0) is 30.7 Å². The van der Waals surface area contributed by atoms with Gasteiger partial charge in [0.2, 0.25) is 0 Å². The highest BCUT2D eigenvalue weighted by molar-refractivity contribution is 8.16. The minimum Gasteiger partial charge on any atom is -0.316 e. The van der Waals surface area contributed by atoms with Gasteiger partial charge in [0.05, 0.1) is 24.0 Å². The van der Waals surface area contributed by atoms with Gasteiger partial charge in [-0.2, -0.15) is 4.99 Å². The lowest BCUT2D eigenvalue weighted by Crippen LogP contribution is -2.37.